The zero-order chi connectivity index (χ0) is 13.0. The molecule has 2 nitrogen and oxygen atoms in total. The quantitative estimate of drug-likeness (QED) is 0.343. The third kappa shape index (κ3) is 2.33. The zero-order valence-electron chi connectivity index (χ0n) is 10.3. The van der Waals surface area contributed by atoms with Crippen LogP contribution >= 0.6 is 0 Å². The van der Waals surface area contributed by atoms with Crippen molar-refractivity contribution in [3.05, 3.63) is 77.0 Å². The summed E-state index contributed by atoms with van der Waals surface area (Å²) in [4.78, 5) is 0. The maximum atomic E-state index is 11.5. The molecular formula is C16H15NO. The van der Waals surface area contributed by atoms with Crippen LogP contribution in [0, 0.1) is 5.21 Å². The number of nitrogens with zero attached hydrogens (tertiary/aromatic N) is 1. The van der Waals surface area contributed by atoms with Crippen LogP contribution in [0.15, 0.2) is 60.7 Å². The molecule has 90 valence electrons. The van der Waals surface area contributed by atoms with Crippen molar-refractivity contribution in [1.29, 1.82) is 0 Å². The monoisotopic (exact) mass is 237 g/mol. The second-order valence-electron chi connectivity index (χ2n) is 3.96. The predicted molar refractivity (Wildman–Crippen MR) is 76.0 cm³/mol. The average molecular weight is 237 g/mol. The summed E-state index contributed by atoms with van der Waals surface area (Å²) in [5, 5.41) is 11.5. The summed E-state index contributed by atoms with van der Waals surface area (Å²) in [6, 6.07) is 17.5. The lowest BCUT2D eigenvalue weighted by molar-refractivity contribution is -0.350. The standard InChI is InChI=1S/C16H15NO/c1-3-14(13-9-5-4-6-10-13)15-11-7-8-12-16(15)17(2)18/h3-12H,2H2,1H3. The maximum absolute atomic E-state index is 11.5. The van der Waals surface area contributed by atoms with Crippen molar-refractivity contribution in [2.45, 2.75) is 6.92 Å². The third-order valence-corrected chi connectivity index (χ3v) is 2.84. The lowest BCUT2D eigenvalue weighted by Gasteiger charge is -2.11. The summed E-state index contributed by atoms with van der Waals surface area (Å²) in [7, 11) is 0. The Hall–Kier alpha value is -2.35. The van der Waals surface area contributed by atoms with E-state index in [0.717, 1.165) is 16.7 Å². The smallest absolute Gasteiger partial charge is 0.223 e. The minimum Gasteiger partial charge on any atom is -0.619 e. The maximum Gasteiger partial charge on any atom is 0.223 e. The summed E-state index contributed by atoms with van der Waals surface area (Å²) in [6.07, 6.45) is 2.01. The number of allylic oxidation sites excluding steroid dienone is 1. The molecule has 0 saturated carbocycles. The minimum absolute atomic E-state index is 0.578. The van der Waals surface area contributed by atoms with Crippen LogP contribution in [0.3, 0.4) is 0 Å². The molecule has 0 atom stereocenters. The SMILES string of the molecule is C=[N+]([O-])c1ccccc1C(=CC)c1ccccc1. The van der Waals surface area contributed by atoms with Gasteiger partial charge in [0.1, 0.15) is 6.72 Å². The number of hydrogen-bond donors (Lipinski definition) is 0. The van der Waals surface area contributed by atoms with Gasteiger partial charge in [0.25, 0.3) is 0 Å². The Kier molecular flexibility index (Phi) is 3.58. The normalized spacial score (nSPS) is 11.3. The topological polar surface area (TPSA) is 26.1 Å². The Balaban J connectivity index is 2.57. The predicted octanol–water partition coefficient (Wildman–Crippen LogP) is 3.98. The number of rotatable bonds is 3. The molecule has 2 rings (SSSR count). The van der Waals surface area contributed by atoms with Crippen molar-refractivity contribution in [3.8, 4) is 0 Å². The fraction of sp³-hybridized carbons (Fsp3) is 0.0625. The molecule has 0 amide bonds. The van der Waals surface area contributed by atoms with Gasteiger partial charge in [0.2, 0.25) is 5.69 Å². The largest absolute Gasteiger partial charge is 0.619 e. The highest BCUT2D eigenvalue weighted by Crippen LogP contribution is 2.30. The molecule has 0 aliphatic rings. The molecule has 0 fully saturated rings. The van der Waals surface area contributed by atoms with E-state index < -0.39 is 0 Å². The molecule has 2 heteroatoms. The molecule has 2 aromatic carbocycles. The summed E-state index contributed by atoms with van der Waals surface area (Å²) < 4.78 is 0.655. The van der Waals surface area contributed by atoms with Gasteiger partial charge in [-0.05, 0) is 24.1 Å². The summed E-state index contributed by atoms with van der Waals surface area (Å²) in [5.74, 6) is 0. The molecule has 0 unspecified atom stereocenters. The van der Waals surface area contributed by atoms with Crippen LogP contribution in [0.2, 0.25) is 0 Å². The molecule has 18 heavy (non-hydrogen) atoms. The minimum atomic E-state index is 0.578. The van der Waals surface area contributed by atoms with Gasteiger partial charge in [-0.25, -0.2) is 0 Å². The first-order valence-electron chi connectivity index (χ1n) is 5.83. The number of para-hydroxylation sites is 1. The van der Waals surface area contributed by atoms with E-state index >= 15 is 0 Å². The fourth-order valence-corrected chi connectivity index (χ4v) is 2.01. The molecule has 0 bridgehead atoms. The lowest BCUT2D eigenvalue weighted by atomic mass is 9.96. The zero-order valence-corrected chi connectivity index (χ0v) is 10.3. The molecule has 0 aromatic heterocycles. The van der Waals surface area contributed by atoms with Crippen LogP contribution in [-0.4, -0.2) is 11.5 Å². The molecule has 0 aliphatic carbocycles. The Morgan fingerprint density at radius 1 is 1.06 bits per heavy atom. The Morgan fingerprint density at radius 2 is 1.67 bits per heavy atom. The second kappa shape index (κ2) is 5.32. The van der Waals surface area contributed by atoms with Crippen LogP contribution in [0.1, 0.15) is 18.1 Å². The van der Waals surface area contributed by atoms with E-state index in [0.29, 0.717) is 10.4 Å². The fourth-order valence-electron chi connectivity index (χ4n) is 2.01. The average Bonchev–Trinajstić information content (AvgIpc) is 2.41. The molecule has 0 aliphatic heterocycles. The summed E-state index contributed by atoms with van der Waals surface area (Å²) >= 11 is 0. The van der Waals surface area contributed by atoms with E-state index in [9.17, 15) is 5.21 Å². The van der Waals surface area contributed by atoms with Gasteiger partial charge in [-0.2, -0.15) is 4.74 Å². The Morgan fingerprint density at radius 3 is 2.28 bits per heavy atom. The van der Waals surface area contributed by atoms with Gasteiger partial charge in [0.15, 0.2) is 0 Å². The highest BCUT2D eigenvalue weighted by Gasteiger charge is 2.12. The van der Waals surface area contributed by atoms with E-state index in [4.69, 9.17) is 0 Å². The van der Waals surface area contributed by atoms with Crippen molar-refractivity contribution in [2.24, 2.45) is 0 Å². The van der Waals surface area contributed by atoms with Crippen molar-refractivity contribution in [3.63, 3.8) is 0 Å². The highest BCUT2D eigenvalue weighted by atomic mass is 16.5. The highest BCUT2D eigenvalue weighted by molar-refractivity contribution is 5.84. The van der Waals surface area contributed by atoms with Crippen molar-refractivity contribution in [1.82, 2.24) is 0 Å². The van der Waals surface area contributed by atoms with Crippen LogP contribution in [-0.2, 0) is 0 Å². The van der Waals surface area contributed by atoms with Gasteiger partial charge in [0, 0.05) is 6.07 Å². The molecular weight excluding hydrogens is 222 g/mol. The number of benzene rings is 2. The van der Waals surface area contributed by atoms with E-state index in [1.54, 1.807) is 6.07 Å². The molecule has 2 aromatic rings. The first-order valence-corrected chi connectivity index (χ1v) is 5.83. The Labute approximate surface area is 107 Å². The van der Waals surface area contributed by atoms with E-state index in [2.05, 4.69) is 6.72 Å². The van der Waals surface area contributed by atoms with Crippen LogP contribution in [0.5, 0.6) is 0 Å². The summed E-state index contributed by atoms with van der Waals surface area (Å²) in [6.45, 7) is 5.40. The van der Waals surface area contributed by atoms with Crippen LogP contribution < -0.4 is 0 Å². The van der Waals surface area contributed by atoms with Gasteiger partial charge in [0.05, 0.1) is 5.56 Å². The third-order valence-electron chi connectivity index (χ3n) is 2.84. The summed E-state index contributed by atoms with van der Waals surface area (Å²) in [5.41, 5.74) is 3.61. The molecule has 0 heterocycles. The van der Waals surface area contributed by atoms with E-state index in [-0.39, 0.29) is 0 Å². The van der Waals surface area contributed by atoms with E-state index in [1.165, 1.54) is 0 Å². The first kappa shape index (κ1) is 12.1. The first-order chi connectivity index (χ1) is 8.74. The van der Waals surface area contributed by atoms with Gasteiger partial charge < -0.3 is 5.21 Å². The van der Waals surface area contributed by atoms with Crippen molar-refractivity contribution < 1.29 is 4.74 Å². The van der Waals surface area contributed by atoms with Gasteiger partial charge in [-0.15, -0.1) is 0 Å². The van der Waals surface area contributed by atoms with Crippen LogP contribution in [0.4, 0.5) is 5.69 Å². The van der Waals surface area contributed by atoms with Gasteiger partial charge >= 0.3 is 0 Å². The Bertz CT molecular complexity index is 585. The van der Waals surface area contributed by atoms with Gasteiger partial charge in [-0.3, -0.25) is 0 Å². The lowest BCUT2D eigenvalue weighted by Crippen LogP contribution is -1.96. The molecule has 0 saturated heterocycles. The van der Waals surface area contributed by atoms with Crippen molar-refractivity contribution in [2.75, 3.05) is 0 Å². The second-order valence-corrected chi connectivity index (χ2v) is 3.96. The molecule has 0 radical (unpaired) electrons. The van der Waals surface area contributed by atoms with E-state index in [1.807, 2.05) is 61.5 Å². The number of hydrogen-bond acceptors (Lipinski definition) is 1. The van der Waals surface area contributed by atoms with Crippen molar-refractivity contribution >= 4 is 18.0 Å². The van der Waals surface area contributed by atoms with Gasteiger partial charge in [-0.1, -0.05) is 48.5 Å². The molecule has 0 spiro atoms. The molecule has 0 N–H and O–H groups in total. The van der Waals surface area contributed by atoms with Crippen LogP contribution in [0.25, 0.3) is 5.57 Å².